The Labute approximate surface area is 443 Å². The molecule has 416 valence electrons. The van der Waals surface area contributed by atoms with Gasteiger partial charge in [0.05, 0.1) is 18.8 Å². The van der Waals surface area contributed by atoms with Crippen LogP contribution in [0, 0.1) is 0 Å². The smallest absolute Gasteiger partial charge is 0.249 e. The van der Waals surface area contributed by atoms with Crippen LogP contribution in [0.1, 0.15) is 328 Å². The summed E-state index contributed by atoms with van der Waals surface area (Å²) in [6.45, 7) is 4.20. The highest BCUT2D eigenvalue weighted by Gasteiger charge is 2.22. The molecule has 0 aromatic rings. The van der Waals surface area contributed by atoms with E-state index < -0.39 is 24.2 Å². The molecule has 0 heterocycles. The van der Waals surface area contributed by atoms with Crippen molar-refractivity contribution < 1.29 is 20.1 Å². The zero-order valence-corrected chi connectivity index (χ0v) is 47.6. The number of aliphatic hydroxyl groups is 3. The largest absolute Gasteiger partial charge is 0.394 e. The van der Waals surface area contributed by atoms with Crippen LogP contribution in [0.2, 0.25) is 0 Å². The van der Waals surface area contributed by atoms with E-state index in [9.17, 15) is 20.1 Å². The Bertz CT molecular complexity index is 1190. The fraction of sp³-hybridized carbons (Fsp3) is 0.833. The van der Waals surface area contributed by atoms with E-state index in [4.69, 9.17) is 0 Å². The van der Waals surface area contributed by atoms with Crippen LogP contribution < -0.4 is 5.32 Å². The molecule has 0 aliphatic carbocycles. The maximum atomic E-state index is 12.6. The van der Waals surface area contributed by atoms with Crippen LogP contribution in [0.5, 0.6) is 0 Å². The summed E-state index contributed by atoms with van der Waals surface area (Å²) < 4.78 is 0. The van der Waals surface area contributed by atoms with Crippen LogP contribution in [0.3, 0.4) is 0 Å². The second kappa shape index (κ2) is 60.6. The van der Waals surface area contributed by atoms with Gasteiger partial charge >= 0.3 is 0 Å². The first-order valence-corrected chi connectivity index (χ1v) is 31.6. The number of amides is 1. The summed E-state index contributed by atoms with van der Waals surface area (Å²) in [6, 6.07) is -0.824. The summed E-state index contributed by atoms with van der Waals surface area (Å²) in [7, 11) is 0. The van der Waals surface area contributed by atoms with E-state index in [1.165, 1.54) is 257 Å². The molecule has 0 fully saturated rings. The lowest BCUT2D eigenvalue weighted by atomic mass is 10.0. The van der Waals surface area contributed by atoms with Crippen LogP contribution in [0.15, 0.2) is 60.8 Å². The van der Waals surface area contributed by atoms with Crippen molar-refractivity contribution in [2.45, 2.75) is 347 Å². The molecule has 0 rings (SSSR count). The average molecular weight is 995 g/mol. The third-order valence-electron chi connectivity index (χ3n) is 14.6. The van der Waals surface area contributed by atoms with E-state index in [2.05, 4.69) is 67.8 Å². The highest BCUT2D eigenvalue weighted by Crippen LogP contribution is 2.17. The monoisotopic (exact) mass is 994 g/mol. The molecule has 0 aromatic carbocycles. The van der Waals surface area contributed by atoms with Gasteiger partial charge in [0.2, 0.25) is 5.91 Å². The van der Waals surface area contributed by atoms with E-state index in [1.54, 1.807) is 6.08 Å². The highest BCUT2D eigenvalue weighted by atomic mass is 16.3. The molecule has 0 spiro atoms. The van der Waals surface area contributed by atoms with Crippen molar-refractivity contribution in [3.63, 3.8) is 0 Å². The fourth-order valence-corrected chi connectivity index (χ4v) is 9.66. The molecule has 3 atom stereocenters. The number of carbonyl (C=O) groups is 1. The topological polar surface area (TPSA) is 89.8 Å². The molecular formula is C66H123NO4. The molecule has 0 aliphatic rings. The van der Waals surface area contributed by atoms with Gasteiger partial charge in [-0.3, -0.25) is 4.79 Å². The van der Waals surface area contributed by atoms with Gasteiger partial charge in [0.25, 0.3) is 0 Å². The average Bonchev–Trinajstić information content (AvgIpc) is 3.38. The summed E-state index contributed by atoms with van der Waals surface area (Å²) in [4.78, 5) is 12.6. The van der Waals surface area contributed by atoms with Crippen LogP contribution >= 0.6 is 0 Å². The van der Waals surface area contributed by atoms with Crippen LogP contribution in [-0.2, 0) is 4.79 Å². The SMILES string of the molecule is CCCCCCCCCCCCC/C=C/CC/C=C/CC/C=C/C(O)C(CO)NC(=O)C(O)CCCCCCCCCCCCCCCCCC/C=C\C/C=C\CCCCCCCCCCCCCCC. The van der Waals surface area contributed by atoms with Gasteiger partial charge in [-0.15, -0.1) is 0 Å². The summed E-state index contributed by atoms with van der Waals surface area (Å²) in [5.41, 5.74) is 0. The lowest BCUT2D eigenvalue weighted by Crippen LogP contribution is -2.48. The molecule has 0 aromatic heterocycles. The predicted molar refractivity (Wildman–Crippen MR) is 314 cm³/mol. The van der Waals surface area contributed by atoms with Crippen LogP contribution in [0.25, 0.3) is 0 Å². The quantitative estimate of drug-likeness (QED) is 0.0361. The first kappa shape index (κ1) is 69.0. The van der Waals surface area contributed by atoms with Gasteiger partial charge in [-0.05, 0) is 77.0 Å². The van der Waals surface area contributed by atoms with Gasteiger partial charge in [0.15, 0.2) is 0 Å². The Balaban J connectivity index is 3.56. The molecular weight excluding hydrogens is 871 g/mol. The minimum Gasteiger partial charge on any atom is -0.394 e. The Morgan fingerprint density at radius 3 is 0.944 bits per heavy atom. The zero-order chi connectivity index (χ0) is 51.4. The van der Waals surface area contributed by atoms with E-state index in [0.717, 1.165) is 51.4 Å². The minimum absolute atomic E-state index is 0.382. The third kappa shape index (κ3) is 55.6. The first-order valence-electron chi connectivity index (χ1n) is 31.6. The van der Waals surface area contributed by atoms with E-state index in [-0.39, 0.29) is 6.61 Å². The van der Waals surface area contributed by atoms with Crippen molar-refractivity contribution in [2.24, 2.45) is 0 Å². The number of hydrogen-bond acceptors (Lipinski definition) is 4. The summed E-state index contributed by atoms with van der Waals surface area (Å²) >= 11 is 0. The van der Waals surface area contributed by atoms with Crippen molar-refractivity contribution in [2.75, 3.05) is 6.61 Å². The van der Waals surface area contributed by atoms with E-state index in [0.29, 0.717) is 6.42 Å². The van der Waals surface area contributed by atoms with Gasteiger partial charge in [-0.1, -0.05) is 312 Å². The molecule has 4 N–H and O–H groups in total. The normalized spacial score (nSPS) is 13.6. The number of unbranched alkanes of at least 4 members (excludes halogenated alkanes) is 42. The minimum atomic E-state index is -1.11. The van der Waals surface area contributed by atoms with E-state index >= 15 is 0 Å². The summed E-state index contributed by atoms with van der Waals surface area (Å²) in [6.07, 6.45) is 83.3. The lowest BCUT2D eigenvalue weighted by Gasteiger charge is -2.21. The van der Waals surface area contributed by atoms with E-state index in [1.807, 2.05) is 6.08 Å². The van der Waals surface area contributed by atoms with Gasteiger partial charge in [0, 0.05) is 0 Å². The van der Waals surface area contributed by atoms with Crippen molar-refractivity contribution >= 4 is 5.91 Å². The van der Waals surface area contributed by atoms with Crippen molar-refractivity contribution in [3.8, 4) is 0 Å². The molecule has 5 heteroatoms. The maximum absolute atomic E-state index is 12.6. The second-order valence-corrected chi connectivity index (χ2v) is 21.6. The van der Waals surface area contributed by atoms with Crippen LogP contribution in [0.4, 0.5) is 0 Å². The number of rotatable bonds is 58. The molecule has 0 radical (unpaired) electrons. The number of aliphatic hydroxyl groups excluding tert-OH is 3. The molecule has 5 nitrogen and oxygen atoms in total. The molecule has 0 saturated heterocycles. The van der Waals surface area contributed by atoms with Crippen molar-refractivity contribution in [3.05, 3.63) is 60.8 Å². The molecule has 0 bridgehead atoms. The molecule has 1 amide bonds. The number of allylic oxidation sites excluding steroid dienone is 9. The molecule has 3 unspecified atom stereocenters. The maximum Gasteiger partial charge on any atom is 0.249 e. The number of nitrogens with one attached hydrogen (secondary N) is 1. The summed E-state index contributed by atoms with van der Waals surface area (Å²) in [5, 5.41) is 33.4. The van der Waals surface area contributed by atoms with Crippen molar-refractivity contribution in [1.29, 1.82) is 0 Å². The first-order chi connectivity index (χ1) is 35.1. The number of hydrogen-bond donors (Lipinski definition) is 4. The lowest BCUT2D eigenvalue weighted by molar-refractivity contribution is -0.131. The highest BCUT2D eigenvalue weighted by molar-refractivity contribution is 5.80. The Morgan fingerprint density at radius 2 is 0.620 bits per heavy atom. The van der Waals surface area contributed by atoms with Gasteiger partial charge in [-0.25, -0.2) is 0 Å². The summed E-state index contributed by atoms with van der Waals surface area (Å²) in [5.74, 6) is -0.514. The second-order valence-electron chi connectivity index (χ2n) is 21.6. The Kier molecular flexibility index (Phi) is 58.9. The predicted octanol–water partition coefficient (Wildman–Crippen LogP) is 20.1. The molecule has 71 heavy (non-hydrogen) atoms. The van der Waals surface area contributed by atoms with Gasteiger partial charge in [-0.2, -0.15) is 0 Å². The molecule has 0 aliphatic heterocycles. The standard InChI is InChI=1S/C66H123NO4/c1-3-5-7-9-11-13-15-17-19-21-23-25-26-27-28-29-30-31-32-33-34-35-36-37-38-39-41-43-45-47-49-51-53-55-57-59-61-65(70)66(71)67-63(62-68)64(69)60-58-56-54-52-50-48-46-44-42-40-24-22-20-18-16-14-12-10-8-6-4-2/h28-29,31-32,42,44,50,52,58,60,63-65,68-70H,3-27,30,33-41,43,45-49,51,53-57,59,61-62H2,1-2H3,(H,67,71)/b29-28-,32-31-,44-42+,52-50+,60-58+. The Hall–Kier alpha value is -1.95. The zero-order valence-electron chi connectivity index (χ0n) is 47.6. The van der Waals surface area contributed by atoms with Crippen LogP contribution in [-0.4, -0.2) is 46.1 Å². The number of carbonyl (C=O) groups excluding carboxylic acids is 1. The fourth-order valence-electron chi connectivity index (χ4n) is 9.66. The van der Waals surface area contributed by atoms with Gasteiger partial charge < -0.3 is 20.6 Å². The van der Waals surface area contributed by atoms with Gasteiger partial charge in [0.1, 0.15) is 6.10 Å². The Morgan fingerprint density at radius 1 is 0.352 bits per heavy atom. The third-order valence-corrected chi connectivity index (χ3v) is 14.6. The molecule has 0 saturated carbocycles. The van der Waals surface area contributed by atoms with Crippen molar-refractivity contribution in [1.82, 2.24) is 5.32 Å².